The minimum absolute atomic E-state index is 0.295. The summed E-state index contributed by atoms with van der Waals surface area (Å²) in [6, 6.07) is 7.30. The van der Waals surface area contributed by atoms with Crippen molar-refractivity contribution in [3.05, 3.63) is 40.3 Å². The average molecular weight is 258 g/mol. The number of benzene rings is 1. The van der Waals surface area contributed by atoms with Gasteiger partial charge < -0.3 is 11.1 Å². The summed E-state index contributed by atoms with van der Waals surface area (Å²) >= 11 is 1.60. The molecule has 1 aromatic heterocycles. The van der Waals surface area contributed by atoms with Gasteiger partial charge in [0.05, 0.1) is 28.5 Å². The van der Waals surface area contributed by atoms with Gasteiger partial charge in [-0.25, -0.2) is 4.98 Å². The van der Waals surface area contributed by atoms with Gasteiger partial charge in [0.2, 0.25) is 0 Å². The SMILES string of the molecule is CC(C)(Nc1ccc(C#N)cc1N)c1nccs1. The molecule has 0 aliphatic carbocycles. The van der Waals surface area contributed by atoms with Crippen LogP contribution in [-0.4, -0.2) is 4.98 Å². The van der Waals surface area contributed by atoms with Crippen LogP contribution in [0.1, 0.15) is 24.4 Å². The van der Waals surface area contributed by atoms with Crippen LogP contribution in [0.2, 0.25) is 0 Å². The highest BCUT2D eigenvalue weighted by molar-refractivity contribution is 7.09. The minimum Gasteiger partial charge on any atom is -0.397 e. The largest absolute Gasteiger partial charge is 0.397 e. The number of hydrogen-bond donors (Lipinski definition) is 2. The molecule has 0 unspecified atom stereocenters. The Bertz CT molecular complexity index is 582. The standard InChI is InChI=1S/C13H14N4S/c1-13(2,12-16-5-6-18-12)17-11-4-3-9(8-14)7-10(11)15/h3-7,17H,15H2,1-2H3. The van der Waals surface area contributed by atoms with Crippen LogP contribution in [-0.2, 0) is 5.54 Å². The molecule has 0 radical (unpaired) electrons. The normalized spacial score (nSPS) is 10.9. The van der Waals surface area contributed by atoms with Gasteiger partial charge in [0.25, 0.3) is 0 Å². The van der Waals surface area contributed by atoms with Crippen LogP contribution in [0.15, 0.2) is 29.8 Å². The van der Waals surface area contributed by atoms with Gasteiger partial charge in [-0.1, -0.05) is 0 Å². The summed E-state index contributed by atoms with van der Waals surface area (Å²) < 4.78 is 0. The lowest BCUT2D eigenvalue weighted by atomic mass is 10.1. The zero-order chi connectivity index (χ0) is 13.2. The molecule has 0 aliphatic rings. The number of thiazole rings is 1. The molecule has 18 heavy (non-hydrogen) atoms. The number of anilines is 2. The molecule has 3 N–H and O–H groups in total. The zero-order valence-corrected chi connectivity index (χ0v) is 11.1. The van der Waals surface area contributed by atoms with E-state index in [0.717, 1.165) is 10.7 Å². The third kappa shape index (κ3) is 2.44. The van der Waals surface area contributed by atoms with Crippen molar-refractivity contribution >= 4 is 22.7 Å². The van der Waals surface area contributed by atoms with Crippen molar-refractivity contribution in [3.8, 4) is 6.07 Å². The highest BCUT2D eigenvalue weighted by Crippen LogP contribution is 2.30. The van der Waals surface area contributed by atoms with Gasteiger partial charge in [0, 0.05) is 11.6 Å². The quantitative estimate of drug-likeness (QED) is 0.830. The number of nitrogens with one attached hydrogen (secondary N) is 1. The Hall–Kier alpha value is -2.06. The van der Waals surface area contributed by atoms with E-state index in [1.54, 1.807) is 29.7 Å². The molecule has 5 heteroatoms. The number of nitrogens with zero attached hydrogens (tertiary/aromatic N) is 2. The molecule has 0 amide bonds. The van der Waals surface area contributed by atoms with Crippen molar-refractivity contribution in [1.29, 1.82) is 5.26 Å². The van der Waals surface area contributed by atoms with E-state index in [1.807, 2.05) is 25.3 Å². The summed E-state index contributed by atoms with van der Waals surface area (Å²) in [4.78, 5) is 4.31. The van der Waals surface area contributed by atoms with Crippen molar-refractivity contribution in [1.82, 2.24) is 4.98 Å². The lowest BCUT2D eigenvalue weighted by Gasteiger charge is -2.26. The number of aromatic nitrogens is 1. The van der Waals surface area contributed by atoms with Crippen molar-refractivity contribution in [2.75, 3.05) is 11.1 Å². The molecule has 0 fully saturated rings. The number of nitriles is 1. The molecule has 0 spiro atoms. The first-order chi connectivity index (χ1) is 8.53. The van der Waals surface area contributed by atoms with Crippen molar-refractivity contribution in [3.63, 3.8) is 0 Å². The number of rotatable bonds is 3. The van der Waals surface area contributed by atoms with Crippen molar-refractivity contribution in [2.24, 2.45) is 0 Å². The molecule has 0 bridgehead atoms. The Morgan fingerprint density at radius 1 is 1.44 bits per heavy atom. The highest BCUT2D eigenvalue weighted by atomic mass is 32.1. The lowest BCUT2D eigenvalue weighted by Crippen LogP contribution is -2.28. The predicted octanol–water partition coefficient (Wildman–Crippen LogP) is 2.94. The molecule has 2 aromatic rings. The molecule has 4 nitrogen and oxygen atoms in total. The fourth-order valence-electron chi connectivity index (χ4n) is 1.67. The van der Waals surface area contributed by atoms with E-state index in [1.165, 1.54) is 0 Å². The summed E-state index contributed by atoms with van der Waals surface area (Å²) in [6.07, 6.45) is 1.78. The number of nitrogen functional groups attached to an aromatic ring is 1. The van der Waals surface area contributed by atoms with Crippen LogP contribution in [0.5, 0.6) is 0 Å². The predicted molar refractivity (Wildman–Crippen MR) is 74.3 cm³/mol. The van der Waals surface area contributed by atoms with Crippen LogP contribution in [0.3, 0.4) is 0 Å². The molecular formula is C13H14N4S. The van der Waals surface area contributed by atoms with E-state index < -0.39 is 0 Å². The molecule has 0 atom stereocenters. The molecule has 92 valence electrons. The zero-order valence-electron chi connectivity index (χ0n) is 10.3. The summed E-state index contributed by atoms with van der Waals surface area (Å²) in [5.74, 6) is 0. The highest BCUT2D eigenvalue weighted by Gasteiger charge is 2.23. The maximum Gasteiger partial charge on any atom is 0.117 e. The van der Waals surface area contributed by atoms with Crippen LogP contribution >= 0.6 is 11.3 Å². The molecule has 0 aliphatic heterocycles. The van der Waals surface area contributed by atoms with Gasteiger partial charge in [0.15, 0.2) is 0 Å². The van der Waals surface area contributed by atoms with E-state index in [9.17, 15) is 0 Å². The average Bonchev–Trinajstić information content (AvgIpc) is 2.86. The number of hydrogen-bond acceptors (Lipinski definition) is 5. The van der Waals surface area contributed by atoms with Gasteiger partial charge in [-0.2, -0.15) is 5.26 Å². The van der Waals surface area contributed by atoms with E-state index in [-0.39, 0.29) is 5.54 Å². The van der Waals surface area contributed by atoms with E-state index in [2.05, 4.69) is 16.4 Å². The topological polar surface area (TPSA) is 74.7 Å². The molecular weight excluding hydrogens is 244 g/mol. The van der Waals surface area contributed by atoms with Gasteiger partial charge >= 0.3 is 0 Å². The first kappa shape index (κ1) is 12.4. The number of nitrogens with two attached hydrogens (primary N) is 1. The van der Waals surface area contributed by atoms with Gasteiger partial charge in [0.1, 0.15) is 5.01 Å². The van der Waals surface area contributed by atoms with Crippen LogP contribution in [0.25, 0.3) is 0 Å². The monoisotopic (exact) mass is 258 g/mol. The fourth-order valence-corrected chi connectivity index (χ4v) is 2.39. The van der Waals surface area contributed by atoms with Crippen molar-refractivity contribution < 1.29 is 0 Å². The Morgan fingerprint density at radius 2 is 2.22 bits per heavy atom. The van der Waals surface area contributed by atoms with Gasteiger partial charge in [-0.05, 0) is 32.0 Å². The van der Waals surface area contributed by atoms with Crippen LogP contribution < -0.4 is 11.1 Å². The van der Waals surface area contributed by atoms with E-state index in [4.69, 9.17) is 11.0 Å². The maximum atomic E-state index is 8.80. The summed E-state index contributed by atoms with van der Waals surface area (Å²) in [6.45, 7) is 4.09. The second-order valence-electron chi connectivity index (χ2n) is 4.50. The third-order valence-corrected chi connectivity index (χ3v) is 3.69. The van der Waals surface area contributed by atoms with Gasteiger partial charge in [-0.3, -0.25) is 0 Å². The fraction of sp³-hybridized carbons (Fsp3) is 0.231. The van der Waals surface area contributed by atoms with Crippen LogP contribution in [0, 0.1) is 11.3 Å². The Morgan fingerprint density at radius 3 is 2.78 bits per heavy atom. The molecule has 1 heterocycles. The second kappa shape index (κ2) is 4.67. The minimum atomic E-state index is -0.295. The lowest BCUT2D eigenvalue weighted by molar-refractivity contribution is 0.605. The molecule has 0 saturated heterocycles. The summed E-state index contributed by atoms with van der Waals surface area (Å²) in [5.41, 5.74) is 7.57. The Labute approximate surface area is 110 Å². The summed E-state index contributed by atoms with van der Waals surface area (Å²) in [7, 11) is 0. The van der Waals surface area contributed by atoms with Crippen LogP contribution in [0.4, 0.5) is 11.4 Å². The Balaban J connectivity index is 2.27. The third-order valence-electron chi connectivity index (χ3n) is 2.59. The Kier molecular flexibility index (Phi) is 3.21. The second-order valence-corrected chi connectivity index (χ2v) is 5.40. The smallest absolute Gasteiger partial charge is 0.117 e. The van der Waals surface area contributed by atoms with E-state index >= 15 is 0 Å². The maximum absolute atomic E-state index is 8.80. The molecule has 2 rings (SSSR count). The molecule has 1 aromatic carbocycles. The van der Waals surface area contributed by atoms with Crippen molar-refractivity contribution in [2.45, 2.75) is 19.4 Å². The first-order valence-corrected chi connectivity index (χ1v) is 6.38. The van der Waals surface area contributed by atoms with E-state index in [0.29, 0.717) is 11.3 Å². The summed E-state index contributed by atoms with van der Waals surface area (Å²) in [5, 5.41) is 15.1. The molecule has 0 saturated carbocycles. The van der Waals surface area contributed by atoms with Gasteiger partial charge in [-0.15, -0.1) is 11.3 Å². The first-order valence-electron chi connectivity index (χ1n) is 5.51.